The van der Waals surface area contributed by atoms with Gasteiger partial charge in [-0.3, -0.25) is 9.36 Å². The Hall–Kier alpha value is -0.680. The van der Waals surface area contributed by atoms with Crippen LogP contribution in [-0.2, 0) is 6.54 Å². The summed E-state index contributed by atoms with van der Waals surface area (Å²) in [7, 11) is 0. The van der Waals surface area contributed by atoms with E-state index in [2.05, 4.69) is 26.2 Å². The van der Waals surface area contributed by atoms with Crippen molar-refractivity contribution >= 4 is 15.9 Å². The van der Waals surface area contributed by atoms with Gasteiger partial charge in [-0.1, -0.05) is 6.92 Å². The van der Waals surface area contributed by atoms with Crippen molar-refractivity contribution in [2.75, 3.05) is 13.1 Å². The van der Waals surface area contributed by atoms with Gasteiger partial charge in [0.25, 0.3) is 5.56 Å². The molecule has 1 aromatic rings. The number of hydrogen-bond donors (Lipinski definition) is 1. The van der Waals surface area contributed by atoms with E-state index in [-0.39, 0.29) is 5.56 Å². The van der Waals surface area contributed by atoms with Crippen LogP contribution in [0.3, 0.4) is 0 Å². The molecular formula is C9H14BrN3O. The van der Waals surface area contributed by atoms with Gasteiger partial charge < -0.3 is 5.32 Å². The Morgan fingerprint density at radius 2 is 2.36 bits per heavy atom. The van der Waals surface area contributed by atoms with E-state index in [9.17, 15) is 4.79 Å². The molecule has 0 saturated carbocycles. The minimum atomic E-state index is -0.0181. The van der Waals surface area contributed by atoms with E-state index in [1.54, 1.807) is 17.8 Å². The van der Waals surface area contributed by atoms with Crippen molar-refractivity contribution in [2.24, 2.45) is 0 Å². The summed E-state index contributed by atoms with van der Waals surface area (Å²) in [6.07, 6.45) is 1.58. The second-order valence-electron chi connectivity index (χ2n) is 3.00. The van der Waals surface area contributed by atoms with Crippen LogP contribution in [0.2, 0.25) is 0 Å². The Bertz CT molecular complexity index is 362. The molecule has 0 saturated heterocycles. The molecule has 0 aliphatic heterocycles. The molecule has 0 aliphatic rings. The maximum absolute atomic E-state index is 11.6. The molecule has 4 nitrogen and oxygen atoms in total. The standard InChI is InChI=1S/C9H14BrN3O/c1-3-11-4-5-13-6-12-7(2)8(10)9(13)14/h6,11H,3-5H2,1-2H3. The van der Waals surface area contributed by atoms with Gasteiger partial charge in [0.15, 0.2) is 0 Å². The van der Waals surface area contributed by atoms with Crippen molar-refractivity contribution in [1.29, 1.82) is 0 Å². The van der Waals surface area contributed by atoms with Gasteiger partial charge in [0.1, 0.15) is 4.47 Å². The molecular weight excluding hydrogens is 246 g/mol. The fourth-order valence-electron chi connectivity index (χ4n) is 1.08. The maximum atomic E-state index is 11.6. The summed E-state index contributed by atoms with van der Waals surface area (Å²) in [5.74, 6) is 0. The molecule has 0 aliphatic carbocycles. The van der Waals surface area contributed by atoms with Gasteiger partial charge in [-0.15, -0.1) is 0 Å². The zero-order chi connectivity index (χ0) is 10.6. The number of halogens is 1. The van der Waals surface area contributed by atoms with Crippen LogP contribution in [0.25, 0.3) is 0 Å². The zero-order valence-electron chi connectivity index (χ0n) is 8.38. The first-order chi connectivity index (χ1) is 6.66. The third-order valence-electron chi connectivity index (χ3n) is 1.94. The van der Waals surface area contributed by atoms with E-state index in [1.165, 1.54) is 0 Å². The Morgan fingerprint density at radius 3 is 3.00 bits per heavy atom. The average Bonchev–Trinajstić information content (AvgIpc) is 2.18. The minimum Gasteiger partial charge on any atom is -0.315 e. The molecule has 1 aromatic heterocycles. The van der Waals surface area contributed by atoms with Crippen LogP contribution in [0.15, 0.2) is 15.6 Å². The second-order valence-corrected chi connectivity index (χ2v) is 3.79. The first-order valence-electron chi connectivity index (χ1n) is 4.59. The molecule has 0 aromatic carbocycles. The summed E-state index contributed by atoms with van der Waals surface area (Å²) in [5.41, 5.74) is 0.713. The molecule has 1 N–H and O–H groups in total. The highest BCUT2D eigenvalue weighted by molar-refractivity contribution is 9.10. The van der Waals surface area contributed by atoms with Gasteiger partial charge in [-0.25, -0.2) is 4.98 Å². The quantitative estimate of drug-likeness (QED) is 0.819. The molecule has 0 spiro atoms. The summed E-state index contributed by atoms with van der Waals surface area (Å²) >= 11 is 3.22. The first kappa shape index (κ1) is 11.4. The molecule has 14 heavy (non-hydrogen) atoms. The van der Waals surface area contributed by atoms with Crippen molar-refractivity contribution in [3.8, 4) is 0 Å². The van der Waals surface area contributed by atoms with E-state index in [0.29, 0.717) is 11.0 Å². The van der Waals surface area contributed by atoms with Gasteiger partial charge in [0.05, 0.1) is 12.0 Å². The fourth-order valence-corrected chi connectivity index (χ4v) is 1.41. The third kappa shape index (κ3) is 2.65. The lowest BCUT2D eigenvalue weighted by molar-refractivity contribution is 0.588. The lowest BCUT2D eigenvalue weighted by atomic mass is 10.4. The molecule has 1 rings (SSSR count). The Balaban J connectivity index is 2.79. The molecule has 5 heteroatoms. The summed E-state index contributed by atoms with van der Waals surface area (Å²) < 4.78 is 2.15. The highest BCUT2D eigenvalue weighted by Gasteiger charge is 2.04. The summed E-state index contributed by atoms with van der Waals surface area (Å²) in [5, 5.41) is 3.16. The lowest BCUT2D eigenvalue weighted by Crippen LogP contribution is -2.28. The van der Waals surface area contributed by atoms with Crippen molar-refractivity contribution < 1.29 is 0 Å². The maximum Gasteiger partial charge on any atom is 0.267 e. The largest absolute Gasteiger partial charge is 0.315 e. The molecule has 0 fully saturated rings. The van der Waals surface area contributed by atoms with Crippen LogP contribution < -0.4 is 10.9 Å². The van der Waals surface area contributed by atoms with Crippen LogP contribution in [0.4, 0.5) is 0 Å². The van der Waals surface area contributed by atoms with Crippen molar-refractivity contribution in [2.45, 2.75) is 20.4 Å². The molecule has 0 bridgehead atoms. The fraction of sp³-hybridized carbons (Fsp3) is 0.556. The zero-order valence-corrected chi connectivity index (χ0v) is 9.97. The molecule has 0 unspecified atom stereocenters. The average molecular weight is 260 g/mol. The Labute approximate surface area is 91.5 Å². The number of aryl methyl sites for hydroxylation is 1. The van der Waals surface area contributed by atoms with Gasteiger partial charge in [-0.05, 0) is 29.4 Å². The molecule has 0 atom stereocenters. The number of aromatic nitrogens is 2. The number of nitrogens with one attached hydrogen (secondary N) is 1. The number of nitrogens with zero attached hydrogens (tertiary/aromatic N) is 2. The normalized spacial score (nSPS) is 10.5. The van der Waals surface area contributed by atoms with Gasteiger partial charge >= 0.3 is 0 Å². The highest BCUT2D eigenvalue weighted by Crippen LogP contribution is 2.05. The predicted octanol–water partition coefficient (Wildman–Crippen LogP) is 0.924. The summed E-state index contributed by atoms with van der Waals surface area (Å²) in [6, 6.07) is 0. The van der Waals surface area contributed by atoms with Crippen LogP contribution in [-0.4, -0.2) is 22.6 Å². The second kappa shape index (κ2) is 5.26. The van der Waals surface area contributed by atoms with Gasteiger partial charge in [-0.2, -0.15) is 0 Å². The number of hydrogen-bond acceptors (Lipinski definition) is 3. The van der Waals surface area contributed by atoms with Gasteiger partial charge in [0, 0.05) is 13.1 Å². The summed E-state index contributed by atoms with van der Waals surface area (Å²) in [4.78, 5) is 15.7. The van der Waals surface area contributed by atoms with Crippen molar-refractivity contribution in [1.82, 2.24) is 14.9 Å². The summed E-state index contributed by atoms with van der Waals surface area (Å²) in [6.45, 7) is 6.19. The van der Waals surface area contributed by atoms with Crippen LogP contribution in [0.1, 0.15) is 12.6 Å². The lowest BCUT2D eigenvalue weighted by Gasteiger charge is -2.06. The van der Waals surface area contributed by atoms with E-state index >= 15 is 0 Å². The van der Waals surface area contributed by atoms with Crippen LogP contribution >= 0.6 is 15.9 Å². The highest BCUT2D eigenvalue weighted by atomic mass is 79.9. The van der Waals surface area contributed by atoms with Crippen molar-refractivity contribution in [3.05, 3.63) is 26.8 Å². The van der Waals surface area contributed by atoms with Crippen LogP contribution in [0.5, 0.6) is 0 Å². The number of likely N-dealkylation sites (N-methyl/N-ethyl adjacent to an activating group) is 1. The van der Waals surface area contributed by atoms with Crippen LogP contribution in [0, 0.1) is 6.92 Å². The molecule has 1 heterocycles. The van der Waals surface area contributed by atoms with E-state index in [1.807, 2.05) is 6.92 Å². The Morgan fingerprint density at radius 1 is 1.64 bits per heavy atom. The van der Waals surface area contributed by atoms with E-state index in [0.717, 1.165) is 18.8 Å². The minimum absolute atomic E-state index is 0.0181. The van der Waals surface area contributed by atoms with E-state index in [4.69, 9.17) is 0 Å². The Kier molecular flexibility index (Phi) is 4.28. The predicted molar refractivity (Wildman–Crippen MR) is 59.5 cm³/mol. The molecule has 0 radical (unpaired) electrons. The topological polar surface area (TPSA) is 46.9 Å². The van der Waals surface area contributed by atoms with Crippen molar-refractivity contribution in [3.63, 3.8) is 0 Å². The SMILES string of the molecule is CCNCCn1cnc(C)c(Br)c1=O. The first-order valence-corrected chi connectivity index (χ1v) is 5.38. The molecule has 0 amide bonds. The monoisotopic (exact) mass is 259 g/mol. The van der Waals surface area contributed by atoms with Gasteiger partial charge in [0.2, 0.25) is 0 Å². The van der Waals surface area contributed by atoms with E-state index < -0.39 is 0 Å². The smallest absolute Gasteiger partial charge is 0.267 e. The molecule has 78 valence electrons. The third-order valence-corrected chi connectivity index (χ3v) is 2.85. The number of rotatable bonds is 4.